The smallest absolute Gasteiger partial charge is 0.255 e. The maximum absolute atomic E-state index is 13.5. The lowest BCUT2D eigenvalue weighted by molar-refractivity contribution is -0.137. The summed E-state index contributed by atoms with van der Waals surface area (Å²) in [4.78, 5) is 76.9. The highest BCUT2D eigenvalue weighted by molar-refractivity contribution is 7.99. The third-order valence-electron chi connectivity index (χ3n) is 12.4. The zero-order valence-electron chi connectivity index (χ0n) is 35.1. The van der Waals surface area contributed by atoms with Crippen LogP contribution in [0.5, 0.6) is 0 Å². The number of piperidine rings is 2. The number of carbonyl (C=O) groups is 5. The number of aromatic nitrogens is 1. The Labute approximate surface area is 358 Å². The third kappa shape index (κ3) is 11.0. The first-order valence-corrected chi connectivity index (χ1v) is 22.8. The number of likely N-dealkylation sites (tertiary alicyclic amines) is 1. The highest BCUT2D eigenvalue weighted by Gasteiger charge is 2.40. The van der Waals surface area contributed by atoms with Crippen LogP contribution in [-0.2, 0) is 20.9 Å². The summed E-state index contributed by atoms with van der Waals surface area (Å²) in [7, 11) is 0. The van der Waals surface area contributed by atoms with Crippen LogP contribution in [0, 0.1) is 19.8 Å². The molecule has 2 aromatic carbocycles. The summed E-state index contributed by atoms with van der Waals surface area (Å²) in [6.45, 7) is 11.7. The van der Waals surface area contributed by atoms with Gasteiger partial charge < -0.3 is 20.0 Å². The predicted molar refractivity (Wildman–Crippen MR) is 236 cm³/mol. The minimum absolute atomic E-state index is 0.0812. The van der Waals surface area contributed by atoms with Gasteiger partial charge in [0.2, 0.25) is 17.7 Å². The first-order chi connectivity index (χ1) is 29.1. The second-order valence-electron chi connectivity index (χ2n) is 16.7. The van der Waals surface area contributed by atoms with Gasteiger partial charge in [0.15, 0.2) is 0 Å². The number of amides is 5. The lowest BCUT2D eigenvalue weighted by Crippen LogP contribution is -2.52. The summed E-state index contributed by atoms with van der Waals surface area (Å²) < 4.78 is 0. The molecule has 7 rings (SSSR count). The lowest BCUT2D eigenvalue weighted by atomic mass is 9.91. The van der Waals surface area contributed by atoms with Gasteiger partial charge in [0.05, 0.1) is 0 Å². The normalized spacial score (nSPS) is 18.9. The number of thioether (sulfide) groups is 1. The van der Waals surface area contributed by atoms with E-state index >= 15 is 0 Å². The van der Waals surface area contributed by atoms with Crippen LogP contribution in [0.3, 0.4) is 0 Å². The Hall–Kier alpha value is -5.01. The summed E-state index contributed by atoms with van der Waals surface area (Å²) in [5, 5.41) is 5.36. The number of pyridine rings is 1. The van der Waals surface area contributed by atoms with Gasteiger partial charge in [0, 0.05) is 99.0 Å². The molecule has 13 heteroatoms. The zero-order valence-corrected chi connectivity index (χ0v) is 35.9. The molecule has 12 nitrogen and oxygen atoms in total. The number of hydrogen-bond donors (Lipinski definition) is 2. The molecule has 3 fully saturated rings. The number of aryl methyl sites for hydroxylation is 2. The number of imide groups is 1. The van der Waals surface area contributed by atoms with Crippen LogP contribution >= 0.6 is 11.8 Å². The van der Waals surface area contributed by atoms with E-state index in [1.54, 1.807) is 41.2 Å². The third-order valence-corrected chi connectivity index (χ3v) is 13.6. The van der Waals surface area contributed by atoms with Crippen LogP contribution in [0.4, 0.5) is 5.69 Å². The Morgan fingerprint density at radius 1 is 0.917 bits per heavy atom. The van der Waals surface area contributed by atoms with Crippen LogP contribution in [0.1, 0.15) is 101 Å². The van der Waals surface area contributed by atoms with E-state index < -0.39 is 6.04 Å². The minimum atomic E-state index is -0.595. The number of rotatable bonds is 16. The second-order valence-corrected chi connectivity index (χ2v) is 17.9. The van der Waals surface area contributed by atoms with Crippen molar-refractivity contribution in [3.05, 3.63) is 94.3 Å². The van der Waals surface area contributed by atoms with Crippen LogP contribution in [0.2, 0.25) is 0 Å². The van der Waals surface area contributed by atoms with E-state index in [0.29, 0.717) is 31.0 Å². The molecule has 0 aliphatic carbocycles. The number of unbranched alkanes of at least 4 members (excludes halogenated alkanes) is 2. The van der Waals surface area contributed by atoms with Crippen LogP contribution in [0.15, 0.2) is 65.8 Å². The largest absolute Gasteiger partial charge is 0.369 e. The molecule has 3 aromatic rings. The van der Waals surface area contributed by atoms with Crippen molar-refractivity contribution in [3.8, 4) is 0 Å². The molecule has 1 atom stereocenters. The predicted octanol–water partition coefficient (Wildman–Crippen LogP) is 6.01. The van der Waals surface area contributed by atoms with Crippen molar-refractivity contribution in [1.82, 2.24) is 30.3 Å². The van der Waals surface area contributed by atoms with Gasteiger partial charge in [0.1, 0.15) is 6.04 Å². The summed E-state index contributed by atoms with van der Waals surface area (Å²) >= 11 is 1.78. The summed E-state index contributed by atoms with van der Waals surface area (Å²) in [6.07, 6.45) is 14.9. The van der Waals surface area contributed by atoms with Crippen molar-refractivity contribution < 1.29 is 24.0 Å². The van der Waals surface area contributed by atoms with Crippen LogP contribution < -0.4 is 15.5 Å². The molecule has 3 saturated heterocycles. The number of piperazine rings is 1. The van der Waals surface area contributed by atoms with E-state index in [0.717, 1.165) is 129 Å². The number of anilines is 1. The van der Waals surface area contributed by atoms with Crippen molar-refractivity contribution in [3.63, 3.8) is 0 Å². The molecular weight excluding hydrogens is 775 g/mol. The molecule has 5 amide bonds. The Morgan fingerprint density at radius 3 is 2.50 bits per heavy atom. The fourth-order valence-corrected chi connectivity index (χ4v) is 10.0. The lowest BCUT2D eigenvalue weighted by Gasteiger charge is -2.37. The van der Waals surface area contributed by atoms with E-state index in [1.807, 2.05) is 36.1 Å². The molecule has 0 spiro atoms. The minimum Gasteiger partial charge on any atom is -0.369 e. The molecule has 2 N–H and O–H groups in total. The molecule has 4 aliphatic heterocycles. The monoisotopic (exact) mass is 833 g/mol. The molecule has 60 heavy (non-hydrogen) atoms. The number of nitrogens with one attached hydrogen (secondary N) is 2. The maximum Gasteiger partial charge on any atom is 0.255 e. The van der Waals surface area contributed by atoms with Crippen molar-refractivity contribution in [2.75, 3.05) is 63.0 Å². The highest BCUT2D eigenvalue weighted by Crippen LogP contribution is 2.35. The van der Waals surface area contributed by atoms with Crippen molar-refractivity contribution in [2.24, 2.45) is 5.92 Å². The van der Waals surface area contributed by atoms with Gasteiger partial charge in [-0.05, 0) is 135 Å². The van der Waals surface area contributed by atoms with E-state index in [-0.39, 0.29) is 36.0 Å². The molecule has 318 valence electrons. The fraction of sp³-hybridized carbons (Fsp3) is 0.489. The van der Waals surface area contributed by atoms with Gasteiger partial charge in [-0.3, -0.25) is 39.2 Å². The summed E-state index contributed by atoms with van der Waals surface area (Å²) in [5.41, 5.74) is 6.77. The summed E-state index contributed by atoms with van der Waals surface area (Å²) in [6, 6.07) is 13.4. The number of nitrogens with zero attached hydrogens (tertiary/aromatic N) is 5. The number of hydrogen-bond acceptors (Lipinski definition) is 9. The fourth-order valence-electron chi connectivity index (χ4n) is 8.94. The van der Waals surface area contributed by atoms with E-state index in [4.69, 9.17) is 0 Å². The summed E-state index contributed by atoms with van der Waals surface area (Å²) in [5.74, 6) is 0.841. The van der Waals surface area contributed by atoms with E-state index in [9.17, 15) is 24.0 Å². The topological polar surface area (TPSA) is 135 Å². The number of benzene rings is 2. The van der Waals surface area contributed by atoms with Crippen LogP contribution in [-0.4, -0.2) is 113 Å². The highest BCUT2D eigenvalue weighted by atomic mass is 32.2. The van der Waals surface area contributed by atoms with Gasteiger partial charge in [-0.25, -0.2) is 0 Å². The molecule has 1 unspecified atom stereocenters. The van der Waals surface area contributed by atoms with Gasteiger partial charge in [-0.1, -0.05) is 18.9 Å². The molecule has 0 radical (unpaired) electrons. The maximum atomic E-state index is 13.5. The first-order valence-electron chi connectivity index (χ1n) is 21.8. The standard InChI is InChI=1S/C47H59N7O5S/c1-33-28-36(31-48-30-33)11-15-43(55)49-19-4-3-8-35-17-21-53(22-18-35)46(58)37-12-13-40(34(2)29-37)52-25-23-51(24-26-52)20-5-6-27-60-42-10-7-9-38-39(42)32-54(47(38)59)41-14-16-44(56)50-45(41)57/h7,9-13,15,28-31,35,41H,3-6,8,14,16-27,32H2,1-2H3,(H,49,55)(H,50,56,57)/b15-11+. The van der Waals surface area contributed by atoms with E-state index in [2.05, 4.69) is 50.5 Å². The first kappa shape index (κ1) is 43.1. The average molecular weight is 834 g/mol. The second kappa shape index (κ2) is 20.5. The van der Waals surface area contributed by atoms with Crippen molar-refractivity contribution >= 4 is 53.1 Å². The molecule has 5 heterocycles. The Balaban J connectivity index is 0.763. The Bertz CT molecular complexity index is 2070. The Kier molecular flexibility index (Phi) is 14.7. The Morgan fingerprint density at radius 2 is 1.73 bits per heavy atom. The number of fused-ring (bicyclic) bond motifs is 1. The molecule has 0 bridgehead atoms. The van der Waals surface area contributed by atoms with Gasteiger partial charge in [0.25, 0.3) is 11.8 Å². The average Bonchev–Trinajstić information content (AvgIpc) is 3.59. The quantitative estimate of drug-likeness (QED) is 0.0771. The molecule has 0 saturated carbocycles. The number of carbonyl (C=O) groups excluding carboxylic acids is 5. The molecular formula is C47H59N7O5S. The zero-order chi connectivity index (χ0) is 42.0. The van der Waals surface area contributed by atoms with Crippen LogP contribution in [0.25, 0.3) is 6.08 Å². The van der Waals surface area contributed by atoms with Gasteiger partial charge in [-0.15, -0.1) is 11.8 Å². The van der Waals surface area contributed by atoms with Gasteiger partial charge >= 0.3 is 0 Å². The SMILES string of the molecule is Cc1cncc(/C=C/C(=O)NCCCCC2CCN(C(=O)c3ccc(N4CCN(CCCCSc5cccc6c5CN(C5CCC(=O)NC5=O)C6=O)CC4)c(C)c3)CC2)c1. The van der Waals surface area contributed by atoms with Gasteiger partial charge in [-0.2, -0.15) is 0 Å². The molecule has 4 aliphatic rings. The van der Waals surface area contributed by atoms with Crippen molar-refractivity contribution in [2.45, 2.75) is 89.1 Å². The molecule has 1 aromatic heterocycles. The van der Waals surface area contributed by atoms with E-state index in [1.165, 1.54) is 5.69 Å². The van der Waals surface area contributed by atoms with Crippen molar-refractivity contribution in [1.29, 1.82) is 0 Å².